The van der Waals surface area contributed by atoms with Crippen LogP contribution in [0.5, 0.6) is 0 Å². The molecule has 0 spiro atoms. The van der Waals surface area contributed by atoms with Gasteiger partial charge < -0.3 is 9.42 Å². The van der Waals surface area contributed by atoms with E-state index in [9.17, 15) is 4.79 Å². The van der Waals surface area contributed by atoms with Crippen LogP contribution in [0.4, 0.5) is 0 Å². The van der Waals surface area contributed by atoms with Crippen LogP contribution in [0.25, 0.3) is 11.4 Å². The van der Waals surface area contributed by atoms with Crippen LogP contribution < -0.4 is 0 Å². The van der Waals surface area contributed by atoms with Crippen molar-refractivity contribution in [1.29, 1.82) is 0 Å². The van der Waals surface area contributed by atoms with E-state index in [1.54, 1.807) is 12.1 Å². The molecule has 0 atom stereocenters. The normalized spacial score (nSPS) is 11.0. The number of amides is 1. The molecule has 0 saturated heterocycles. The molecule has 0 unspecified atom stereocenters. The van der Waals surface area contributed by atoms with Gasteiger partial charge in [-0.15, -0.1) is 0 Å². The molecule has 146 valence electrons. The number of halogens is 1. The van der Waals surface area contributed by atoms with Crippen LogP contribution in [0.2, 0.25) is 5.02 Å². The zero-order valence-electron chi connectivity index (χ0n) is 16.1. The molecule has 0 aliphatic heterocycles. The number of hydrogen-bond acceptors (Lipinski definition) is 4. The van der Waals surface area contributed by atoms with Gasteiger partial charge in [0.1, 0.15) is 0 Å². The fourth-order valence-electron chi connectivity index (χ4n) is 2.88. The first kappa shape index (κ1) is 20.1. The Balaban J connectivity index is 1.67. The van der Waals surface area contributed by atoms with E-state index in [0.29, 0.717) is 48.6 Å². The third-order valence-corrected chi connectivity index (χ3v) is 4.57. The lowest BCUT2D eigenvalue weighted by Gasteiger charge is -2.23. The van der Waals surface area contributed by atoms with E-state index < -0.39 is 0 Å². The van der Waals surface area contributed by atoms with Crippen molar-refractivity contribution in [2.45, 2.75) is 33.2 Å². The number of aromatic nitrogens is 2. The minimum absolute atomic E-state index is 0.135. The second kappa shape index (κ2) is 9.51. The molecule has 3 aromatic rings. The lowest BCUT2D eigenvalue weighted by atomic mass is 10.1. The maximum absolute atomic E-state index is 12.7. The Morgan fingerprint density at radius 2 is 1.82 bits per heavy atom. The third-order valence-electron chi connectivity index (χ3n) is 4.32. The molecule has 5 nitrogen and oxygen atoms in total. The van der Waals surface area contributed by atoms with Gasteiger partial charge in [0, 0.05) is 36.5 Å². The lowest BCUT2D eigenvalue weighted by molar-refractivity contribution is -0.132. The van der Waals surface area contributed by atoms with Crippen molar-refractivity contribution in [1.82, 2.24) is 15.0 Å². The standard InChI is InChI=1S/C22H24ClN3O2/c1-16(2)14-21(27)26(15-17-6-4-3-5-7-17)13-12-20-24-22(25-28-20)18-8-10-19(23)11-9-18/h3-11,16H,12-15H2,1-2H3. The van der Waals surface area contributed by atoms with E-state index in [1.165, 1.54) is 0 Å². The minimum atomic E-state index is 0.135. The van der Waals surface area contributed by atoms with Crippen LogP contribution in [0.15, 0.2) is 59.1 Å². The fourth-order valence-corrected chi connectivity index (χ4v) is 3.00. The molecular formula is C22H24ClN3O2. The highest BCUT2D eigenvalue weighted by atomic mass is 35.5. The molecule has 1 amide bonds. The van der Waals surface area contributed by atoms with Crippen molar-refractivity contribution in [3.05, 3.63) is 71.1 Å². The number of hydrogen-bond donors (Lipinski definition) is 0. The Morgan fingerprint density at radius 3 is 2.50 bits per heavy atom. The molecule has 0 bridgehead atoms. The predicted octanol–water partition coefficient (Wildman–Crippen LogP) is 5.01. The maximum atomic E-state index is 12.7. The van der Waals surface area contributed by atoms with Gasteiger partial charge in [0.2, 0.25) is 17.6 Å². The van der Waals surface area contributed by atoms with Crippen molar-refractivity contribution in [3.8, 4) is 11.4 Å². The Kier molecular flexibility index (Phi) is 6.82. The second-order valence-electron chi connectivity index (χ2n) is 7.17. The molecule has 0 radical (unpaired) electrons. The molecule has 0 fully saturated rings. The van der Waals surface area contributed by atoms with Gasteiger partial charge in [0.15, 0.2) is 0 Å². The van der Waals surface area contributed by atoms with Crippen molar-refractivity contribution in [2.24, 2.45) is 5.92 Å². The molecule has 0 aliphatic carbocycles. The highest BCUT2D eigenvalue weighted by Crippen LogP contribution is 2.19. The Labute approximate surface area is 170 Å². The summed E-state index contributed by atoms with van der Waals surface area (Å²) in [6.07, 6.45) is 1.03. The van der Waals surface area contributed by atoms with Crippen molar-refractivity contribution < 1.29 is 9.32 Å². The summed E-state index contributed by atoms with van der Waals surface area (Å²) in [7, 11) is 0. The smallest absolute Gasteiger partial charge is 0.228 e. The molecule has 3 rings (SSSR count). The van der Waals surface area contributed by atoms with E-state index in [1.807, 2.05) is 47.4 Å². The average Bonchev–Trinajstić information content (AvgIpc) is 3.15. The summed E-state index contributed by atoms with van der Waals surface area (Å²) in [6.45, 7) is 5.21. The number of rotatable bonds is 8. The monoisotopic (exact) mass is 397 g/mol. The maximum Gasteiger partial charge on any atom is 0.228 e. The Hall–Kier alpha value is -2.66. The van der Waals surface area contributed by atoms with Crippen molar-refractivity contribution in [2.75, 3.05) is 6.54 Å². The summed E-state index contributed by atoms with van der Waals surface area (Å²) < 4.78 is 5.38. The van der Waals surface area contributed by atoms with Crippen LogP contribution in [-0.4, -0.2) is 27.5 Å². The van der Waals surface area contributed by atoms with Gasteiger partial charge in [-0.05, 0) is 35.7 Å². The zero-order chi connectivity index (χ0) is 19.9. The summed E-state index contributed by atoms with van der Waals surface area (Å²) in [5.74, 6) is 1.48. The van der Waals surface area contributed by atoms with Gasteiger partial charge in [-0.3, -0.25) is 4.79 Å². The van der Waals surface area contributed by atoms with Gasteiger partial charge in [-0.25, -0.2) is 0 Å². The van der Waals surface area contributed by atoms with Crippen molar-refractivity contribution in [3.63, 3.8) is 0 Å². The topological polar surface area (TPSA) is 59.2 Å². The van der Waals surface area contributed by atoms with E-state index in [-0.39, 0.29) is 5.91 Å². The van der Waals surface area contributed by atoms with Gasteiger partial charge in [-0.1, -0.05) is 60.9 Å². The summed E-state index contributed by atoms with van der Waals surface area (Å²) >= 11 is 5.92. The van der Waals surface area contributed by atoms with Gasteiger partial charge >= 0.3 is 0 Å². The van der Waals surface area contributed by atoms with Crippen LogP contribution >= 0.6 is 11.6 Å². The first-order valence-corrected chi connectivity index (χ1v) is 9.79. The van der Waals surface area contributed by atoms with Crippen LogP contribution in [-0.2, 0) is 17.8 Å². The first-order chi connectivity index (χ1) is 13.5. The van der Waals surface area contributed by atoms with Crippen LogP contribution in [0.1, 0.15) is 31.7 Å². The number of benzene rings is 2. The highest BCUT2D eigenvalue weighted by molar-refractivity contribution is 6.30. The molecular weight excluding hydrogens is 374 g/mol. The SMILES string of the molecule is CC(C)CC(=O)N(CCc1nc(-c2ccc(Cl)cc2)no1)Cc1ccccc1. The summed E-state index contributed by atoms with van der Waals surface area (Å²) in [5.41, 5.74) is 1.95. The average molecular weight is 398 g/mol. The quantitative estimate of drug-likeness (QED) is 0.536. The van der Waals surface area contributed by atoms with E-state index in [0.717, 1.165) is 11.1 Å². The summed E-state index contributed by atoms with van der Waals surface area (Å²) in [5, 5.41) is 4.70. The number of nitrogens with zero attached hydrogens (tertiary/aromatic N) is 3. The van der Waals surface area contributed by atoms with Crippen molar-refractivity contribution >= 4 is 17.5 Å². The lowest BCUT2D eigenvalue weighted by Crippen LogP contribution is -2.33. The van der Waals surface area contributed by atoms with Crippen LogP contribution in [0, 0.1) is 5.92 Å². The van der Waals surface area contributed by atoms with Gasteiger partial charge in [0.25, 0.3) is 0 Å². The highest BCUT2D eigenvalue weighted by Gasteiger charge is 2.17. The third kappa shape index (κ3) is 5.67. The first-order valence-electron chi connectivity index (χ1n) is 9.41. The number of carbonyl (C=O) groups excluding carboxylic acids is 1. The molecule has 0 saturated carbocycles. The molecule has 0 N–H and O–H groups in total. The molecule has 1 heterocycles. The van der Waals surface area contributed by atoms with E-state index >= 15 is 0 Å². The summed E-state index contributed by atoms with van der Waals surface area (Å²) in [6, 6.07) is 17.3. The molecule has 6 heteroatoms. The molecule has 1 aromatic heterocycles. The Morgan fingerprint density at radius 1 is 1.11 bits per heavy atom. The molecule has 2 aromatic carbocycles. The second-order valence-corrected chi connectivity index (χ2v) is 7.60. The van der Waals surface area contributed by atoms with Gasteiger partial charge in [-0.2, -0.15) is 4.98 Å². The minimum Gasteiger partial charge on any atom is -0.339 e. The van der Waals surface area contributed by atoms with Crippen LogP contribution in [0.3, 0.4) is 0 Å². The Bertz CT molecular complexity index is 892. The molecule has 28 heavy (non-hydrogen) atoms. The van der Waals surface area contributed by atoms with E-state index in [4.69, 9.17) is 16.1 Å². The largest absolute Gasteiger partial charge is 0.339 e. The van der Waals surface area contributed by atoms with E-state index in [2.05, 4.69) is 24.0 Å². The van der Waals surface area contributed by atoms with Gasteiger partial charge in [0.05, 0.1) is 0 Å². The summed E-state index contributed by atoms with van der Waals surface area (Å²) in [4.78, 5) is 19.0. The number of carbonyl (C=O) groups is 1. The molecule has 0 aliphatic rings. The zero-order valence-corrected chi connectivity index (χ0v) is 16.9. The predicted molar refractivity (Wildman–Crippen MR) is 110 cm³/mol. The fraction of sp³-hybridized carbons (Fsp3) is 0.318.